The molecule has 0 aliphatic carbocycles. The van der Waals surface area contributed by atoms with E-state index in [9.17, 15) is 9.59 Å². The average molecular weight is 393 g/mol. The van der Waals surface area contributed by atoms with Gasteiger partial charge in [0.05, 0.1) is 17.7 Å². The molecule has 0 spiro atoms. The summed E-state index contributed by atoms with van der Waals surface area (Å²) in [7, 11) is 0. The van der Waals surface area contributed by atoms with E-state index in [1.165, 1.54) is 0 Å². The van der Waals surface area contributed by atoms with Crippen LogP contribution in [-0.4, -0.2) is 11.8 Å². The van der Waals surface area contributed by atoms with Crippen LogP contribution in [-0.2, 0) is 11.2 Å². The highest BCUT2D eigenvalue weighted by Gasteiger charge is 2.21. The molecule has 1 aliphatic heterocycles. The molecule has 0 saturated carbocycles. The minimum Gasteiger partial charge on any atom is -0.454 e. The zero-order valence-corrected chi connectivity index (χ0v) is 15.8. The van der Waals surface area contributed by atoms with E-state index in [1.807, 2.05) is 31.2 Å². The Bertz CT molecular complexity index is 1090. The second kappa shape index (κ2) is 7.37. The van der Waals surface area contributed by atoms with Gasteiger partial charge in [-0.3, -0.25) is 9.59 Å². The van der Waals surface area contributed by atoms with Crippen LogP contribution >= 0.6 is 11.6 Å². The molecule has 0 bridgehead atoms. The zero-order valence-electron chi connectivity index (χ0n) is 15.1. The first kappa shape index (κ1) is 18.1. The summed E-state index contributed by atoms with van der Waals surface area (Å²) in [4.78, 5) is 25.0. The Morgan fingerprint density at radius 3 is 2.71 bits per heavy atom. The highest BCUT2D eigenvalue weighted by molar-refractivity contribution is 6.31. The third-order valence-corrected chi connectivity index (χ3v) is 4.60. The standard InChI is InChI=1S/C22H17ClN2O3/c1-13-3-2-4-14(9-13)10-21(26)24-16-6-8-19-17(12-16)22(27)25-18-11-15(23)5-7-20(18)28-19/h2-9,11-12H,10H2,1H3,(H,24,26)(H,25,27). The maximum atomic E-state index is 12.6. The molecule has 3 aromatic carbocycles. The van der Waals surface area contributed by atoms with Crippen molar-refractivity contribution in [1.29, 1.82) is 0 Å². The molecule has 140 valence electrons. The monoisotopic (exact) mass is 392 g/mol. The van der Waals surface area contributed by atoms with Crippen LogP contribution < -0.4 is 15.4 Å². The van der Waals surface area contributed by atoms with Crippen LogP contribution in [0.5, 0.6) is 11.5 Å². The summed E-state index contributed by atoms with van der Waals surface area (Å²) in [6.07, 6.45) is 0.255. The molecule has 28 heavy (non-hydrogen) atoms. The molecule has 0 atom stereocenters. The predicted molar refractivity (Wildman–Crippen MR) is 109 cm³/mol. The lowest BCUT2D eigenvalue weighted by Gasteiger charge is -2.10. The topological polar surface area (TPSA) is 67.4 Å². The molecule has 0 unspecified atom stereocenters. The molecule has 0 radical (unpaired) electrons. The van der Waals surface area contributed by atoms with Gasteiger partial charge in [-0.25, -0.2) is 0 Å². The maximum absolute atomic E-state index is 12.6. The minimum absolute atomic E-state index is 0.157. The number of benzene rings is 3. The first-order chi connectivity index (χ1) is 13.5. The summed E-state index contributed by atoms with van der Waals surface area (Å²) >= 11 is 5.99. The van der Waals surface area contributed by atoms with E-state index in [0.29, 0.717) is 33.5 Å². The second-order valence-corrected chi connectivity index (χ2v) is 7.06. The molecular formula is C22H17ClN2O3. The lowest BCUT2D eigenvalue weighted by molar-refractivity contribution is -0.115. The number of fused-ring (bicyclic) bond motifs is 2. The van der Waals surface area contributed by atoms with E-state index in [1.54, 1.807) is 36.4 Å². The number of aryl methyl sites for hydroxylation is 1. The van der Waals surface area contributed by atoms with Gasteiger partial charge in [-0.05, 0) is 48.9 Å². The molecule has 5 nitrogen and oxygen atoms in total. The minimum atomic E-state index is -0.328. The molecule has 0 saturated heterocycles. The predicted octanol–water partition coefficient (Wildman–Crippen LogP) is 5.19. The third-order valence-electron chi connectivity index (χ3n) is 4.36. The SMILES string of the molecule is Cc1cccc(CC(=O)Nc2ccc3c(c2)C(=O)Nc2cc(Cl)ccc2O3)c1. The Balaban J connectivity index is 1.54. The fourth-order valence-electron chi connectivity index (χ4n) is 3.08. The van der Waals surface area contributed by atoms with Crippen LogP contribution in [0.3, 0.4) is 0 Å². The fraction of sp³-hybridized carbons (Fsp3) is 0.0909. The highest BCUT2D eigenvalue weighted by atomic mass is 35.5. The number of halogens is 1. The molecule has 1 heterocycles. The van der Waals surface area contributed by atoms with Crippen molar-refractivity contribution in [3.8, 4) is 11.5 Å². The van der Waals surface area contributed by atoms with Crippen LogP contribution in [0.25, 0.3) is 0 Å². The number of hydrogen-bond acceptors (Lipinski definition) is 3. The number of rotatable bonds is 3. The van der Waals surface area contributed by atoms with Crippen molar-refractivity contribution in [3.63, 3.8) is 0 Å². The Labute approximate surface area is 167 Å². The van der Waals surface area contributed by atoms with E-state index < -0.39 is 0 Å². The molecule has 1 aliphatic rings. The number of ether oxygens (including phenoxy) is 1. The number of carbonyl (C=O) groups excluding carboxylic acids is 2. The number of hydrogen-bond donors (Lipinski definition) is 2. The van der Waals surface area contributed by atoms with Crippen molar-refractivity contribution in [1.82, 2.24) is 0 Å². The molecular weight excluding hydrogens is 376 g/mol. The Morgan fingerprint density at radius 2 is 1.89 bits per heavy atom. The van der Waals surface area contributed by atoms with Gasteiger partial charge >= 0.3 is 0 Å². The summed E-state index contributed by atoms with van der Waals surface area (Å²) in [6.45, 7) is 1.98. The lowest BCUT2D eigenvalue weighted by atomic mass is 10.1. The molecule has 3 aromatic rings. The van der Waals surface area contributed by atoms with E-state index >= 15 is 0 Å². The number of nitrogens with one attached hydrogen (secondary N) is 2. The summed E-state index contributed by atoms with van der Waals surface area (Å²) in [6, 6.07) is 17.8. The normalized spacial score (nSPS) is 12.1. The van der Waals surface area contributed by atoms with Gasteiger partial charge in [-0.15, -0.1) is 0 Å². The van der Waals surface area contributed by atoms with E-state index in [0.717, 1.165) is 11.1 Å². The van der Waals surface area contributed by atoms with Gasteiger partial charge in [0.1, 0.15) is 5.75 Å². The molecule has 0 aromatic heterocycles. The van der Waals surface area contributed by atoms with Gasteiger partial charge in [0.25, 0.3) is 5.91 Å². The van der Waals surface area contributed by atoms with Crippen molar-refractivity contribution < 1.29 is 14.3 Å². The van der Waals surface area contributed by atoms with Crippen molar-refractivity contribution in [3.05, 3.63) is 82.4 Å². The molecule has 6 heteroatoms. The van der Waals surface area contributed by atoms with Crippen LogP contribution in [0.15, 0.2) is 60.7 Å². The van der Waals surface area contributed by atoms with Crippen LogP contribution in [0, 0.1) is 6.92 Å². The van der Waals surface area contributed by atoms with Crippen LogP contribution in [0.4, 0.5) is 11.4 Å². The van der Waals surface area contributed by atoms with Gasteiger partial charge in [0.2, 0.25) is 5.91 Å². The fourth-order valence-corrected chi connectivity index (χ4v) is 3.26. The lowest BCUT2D eigenvalue weighted by Crippen LogP contribution is -2.16. The van der Waals surface area contributed by atoms with Gasteiger partial charge in [0, 0.05) is 10.7 Å². The first-order valence-corrected chi connectivity index (χ1v) is 9.14. The van der Waals surface area contributed by atoms with Gasteiger partial charge < -0.3 is 15.4 Å². The van der Waals surface area contributed by atoms with Gasteiger partial charge in [0.15, 0.2) is 5.75 Å². The van der Waals surface area contributed by atoms with Crippen LogP contribution in [0.2, 0.25) is 5.02 Å². The highest BCUT2D eigenvalue weighted by Crippen LogP contribution is 2.37. The van der Waals surface area contributed by atoms with Gasteiger partial charge in [-0.2, -0.15) is 0 Å². The second-order valence-electron chi connectivity index (χ2n) is 6.62. The average Bonchev–Trinajstić information content (AvgIpc) is 2.77. The smallest absolute Gasteiger partial charge is 0.259 e. The Hall–Kier alpha value is -3.31. The summed E-state index contributed by atoms with van der Waals surface area (Å²) in [5.41, 5.74) is 3.39. The molecule has 2 N–H and O–H groups in total. The molecule has 2 amide bonds. The third kappa shape index (κ3) is 3.85. The summed E-state index contributed by atoms with van der Waals surface area (Å²) in [5, 5.41) is 6.12. The number of carbonyl (C=O) groups is 2. The molecule has 4 rings (SSSR count). The zero-order chi connectivity index (χ0) is 19.7. The van der Waals surface area contributed by atoms with Crippen molar-refractivity contribution in [2.24, 2.45) is 0 Å². The van der Waals surface area contributed by atoms with Crippen molar-refractivity contribution in [2.75, 3.05) is 10.6 Å². The number of amides is 2. The quantitative estimate of drug-likeness (QED) is 0.644. The maximum Gasteiger partial charge on any atom is 0.259 e. The van der Waals surface area contributed by atoms with E-state index in [4.69, 9.17) is 16.3 Å². The largest absolute Gasteiger partial charge is 0.454 e. The van der Waals surface area contributed by atoms with Crippen molar-refractivity contribution >= 4 is 34.8 Å². The summed E-state index contributed by atoms with van der Waals surface area (Å²) < 4.78 is 5.84. The Morgan fingerprint density at radius 1 is 1.07 bits per heavy atom. The Kier molecular flexibility index (Phi) is 4.75. The summed E-state index contributed by atoms with van der Waals surface area (Å²) in [5.74, 6) is 0.435. The van der Waals surface area contributed by atoms with E-state index in [-0.39, 0.29) is 18.2 Å². The first-order valence-electron chi connectivity index (χ1n) is 8.76. The molecule has 0 fully saturated rings. The van der Waals surface area contributed by atoms with E-state index in [2.05, 4.69) is 10.6 Å². The van der Waals surface area contributed by atoms with Crippen molar-refractivity contribution in [2.45, 2.75) is 13.3 Å². The van der Waals surface area contributed by atoms with Gasteiger partial charge in [-0.1, -0.05) is 41.4 Å². The number of anilines is 2. The van der Waals surface area contributed by atoms with Crippen LogP contribution in [0.1, 0.15) is 21.5 Å².